The predicted octanol–water partition coefficient (Wildman–Crippen LogP) is 3.58. The molecule has 1 amide bonds. The van der Waals surface area contributed by atoms with Gasteiger partial charge in [0.2, 0.25) is 0 Å². The summed E-state index contributed by atoms with van der Waals surface area (Å²) in [7, 11) is 1.26. The highest BCUT2D eigenvalue weighted by atomic mass is 35.5. The van der Waals surface area contributed by atoms with E-state index in [-0.39, 0.29) is 12.4 Å². The first-order valence-electron chi connectivity index (χ1n) is 7.56. The van der Waals surface area contributed by atoms with Crippen molar-refractivity contribution in [2.75, 3.05) is 5.32 Å². The second-order valence-corrected chi connectivity index (χ2v) is 5.93. The van der Waals surface area contributed by atoms with Gasteiger partial charge in [0.25, 0.3) is 5.91 Å². The molecule has 0 fully saturated rings. The molecule has 0 aliphatic heterocycles. The van der Waals surface area contributed by atoms with E-state index in [0.717, 1.165) is 4.68 Å². The highest BCUT2D eigenvalue weighted by Crippen LogP contribution is 2.28. The first-order valence-corrected chi connectivity index (χ1v) is 7.93. The Morgan fingerprint density at radius 3 is 2.78 bits per heavy atom. The number of aromatic nitrogens is 4. The first kappa shape index (κ1) is 18.8. The number of carbonyl (C=O) groups is 1. The van der Waals surface area contributed by atoms with Gasteiger partial charge in [0.05, 0.1) is 18.1 Å². The quantitative estimate of drug-likeness (QED) is 0.711. The lowest BCUT2D eigenvalue weighted by molar-refractivity contribution is -0.141. The zero-order valence-corrected chi connectivity index (χ0v) is 14.6. The maximum absolute atomic E-state index is 12.7. The van der Waals surface area contributed by atoms with Gasteiger partial charge in [-0.1, -0.05) is 17.7 Å². The van der Waals surface area contributed by atoms with Crippen LogP contribution in [0, 0.1) is 0 Å². The minimum atomic E-state index is -4.63. The molecule has 0 saturated heterocycles. The van der Waals surface area contributed by atoms with Crippen LogP contribution in [-0.2, 0) is 20.0 Å². The summed E-state index contributed by atoms with van der Waals surface area (Å²) in [5, 5.41) is 10.3. The third-order valence-corrected chi connectivity index (χ3v) is 3.69. The third kappa shape index (κ3) is 4.59. The number of aryl methyl sites for hydroxylation is 1. The fraction of sp³-hybridized carbons (Fsp3) is 0.188. The number of hydrogen-bond acceptors (Lipinski definition) is 4. The Kier molecular flexibility index (Phi) is 5.08. The number of amides is 1. The lowest BCUT2D eigenvalue weighted by atomic mass is 10.3. The number of rotatable bonds is 5. The SMILES string of the molecule is Cn1nc(C(F)(F)F)cc1C(=O)Nc1cnn(COc2cccc(Cl)c2)c1. The molecule has 142 valence electrons. The fourth-order valence-electron chi connectivity index (χ4n) is 2.21. The van der Waals surface area contributed by atoms with Crippen molar-refractivity contribution >= 4 is 23.2 Å². The molecular formula is C16H13ClF3N5O2. The van der Waals surface area contributed by atoms with Crippen LogP contribution in [0.1, 0.15) is 16.2 Å². The summed E-state index contributed by atoms with van der Waals surface area (Å²) in [6, 6.07) is 7.48. The summed E-state index contributed by atoms with van der Waals surface area (Å²) in [5.74, 6) is -0.200. The summed E-state index contributed by atoms with van der Waals surface area (Å²) in [6.45, 7) is 0.0557. The number of nitrogens with zero attached hydrogens (tertiary/aromatic N) is 4. The predicted molar refractivity (Wildman–Crippen MR) is 90.5 cm³/mol. The van der Waals surface area contributed by atoms with Gasteiger partial charge in [0.1, 0.15) is 11.4 Å². The van der Waals surface area contributed by atoms with E-state index in [0.29, 0.717) is 22.5 Å². The Labute approximate surface area is 156 Å². The number of anilines is 1. The molecule has 0 saturated carbocycles. The lowest BCUT2D eigenvalue weighted by Crippen LogP contribution is -2.15. The maximum Gasteiger partial charge on any atom is 0.435 e. The number of nitrogens with one attached hydrogen (secondary N) is 1. The third-order valence-electron chi connectivity index (χ3n) is 3.45. The molecule has 0 unspecified atom stereocenters. The Hall–Kier alpha value is -3.01. The van der Waals surface area contributed by atoms with Gasteiger partial charge in [-0.05, 0) is 18.2 Å². The van der Waals surface area contributed by atoms with Crippen LogP contribution in [0.3, 0.4) is 0 Å². The lowest BCUT2D eigenvalue weighted by Gasteiger charge is -2.06. The van der Waals surface area contributed by atoms with Crippen molar-refractivity contribution in [1.82, 2.24) is 19.6 Å². The molecule has 7 nitrogen and oxygen atoms in total. The van der Waals surface area contributed by atoms with Gasteiger partial charge in [0.15, 0.2) is 12.4 Å². The van der Waals surface area contributed by atoms with Gasteiger partial charge in [0, 0.05) is 18.1 Å². The van der Waals surface area contributed by atoms with E-state index in [1.165, 1.54) is 24.1 Å². The van der Waals surface area contributed by atoms with Crippen molar-refractivity contribution < 1.29 is 22.7 Å². The second kappa shape index (κ2) is 7.31. The van der Waals surface area contributed by atoms with Crippen LogP contribution in [0.4, 0.5) is 18.9 Å². The van der Waals surface area contributed by atoms with Crippen molar-refractivity contribution in [3.8, 4) is 5.75 Å². The normalized spacial score (nSPS) is 11.4. The van der Waals surface area contributed by atoms with Crippen LogP contribution in [0.2, 0.25) is 5.02 Å². The van der Waals surface area contributed by atoms with Crippen LogP contribution < -0.4 is 10.1 Å². The van der Waals surface area contributed by atoms with Gasteiger partial charge in [-0.15, -0.1) is 0 Å². The van der Waals surface area contributed by atoms with Gasteiger partial charge in [-0.2, -0.15) is 23.4 Å². The van der Waals surface area contributed by atoms with E-state index in [9.17, 15) is 18.0 Å². The van der Waals surface area contributed by atoms with E-state index in [1.54, 1.807) is 24.3 Å². The minimum absolute atomic E-state index is 0.0557. The van der Waals surface area contributed by atoms with Crippen molar-refractivity contribution in [2.45, 2.75) is 12.9 Å². The van der Waals surface area contributed by atoms with Crippen LogP contribution in [0.5, 0.6) is 5.75 Å². The number of alkyl halides is 3. The van der Waals surface area contributed by atoms with Crippen molar-refractivity contribution in [2.24, 2.45) is 7.05 Å². The van der Waals surface area contributed by atoms with E-state index in [4.69, 9.17) is 16.3 Å². The van der Waals surface area contributed by atoms with Crippen LogP contribution in [0.25, 0.3) is 0 Å². The zero-order chi connectivity index (χ0) is 19.6. The number of hydrogen-bond donors (Lipinski definition) is 1. The highest BCUT2D eigenvalue weighted by molar-refractivity contribution is 6.30. The molecule has 3 rings (SSSR count). The molecule has 1 aromatic carbocycles. The zero-order valence-electron chi connectivity index (χ0n) is 13.9. The molecule has 27 heavy (non-hydrogen) atoms. The molecule has 0 radical (unpaired) electrons. The summed E-state index contributed by atoms with van der Waals surface area (Å²) < 4.78 is 45.8. The molecule has 0 bridgehead atoms. The van der Waals surface area contributed by atoms with Gasteiger partial charge < -0.3 is 10.1 Å². The van der Waals surface area contributed by atoms with E-state index < -0.39 is 17.8 Å². The first-order chi connectivity index (χ1) is 12.7. The number of benzene rings is 1. The number of halogens is 4. The number of carbonyl (C=O) groups excluding carboxylic acids is 1. The van der Waals surface area contributed by atoms with Crippen LogP contribution in [0.15, 0.2) is 42.7 Å². The van der Waals surface area contributed by atoms with Crippen LogP contribution in [-0.4, -0.2) is 25.5 Å². The van der Waals surface area contributed by atoms with E-state index >= 15 is 0 Å². The Balaban J connectivity index is 1.63. The molecule has 0 atom stereocenters. The second-order valence-electron chi connectivity index (χ2n) is 5.49. The molecule has 11 heteroatoms. The summed E-state index contributed by atoms with van der Waals surface area (Å²) in [6.07, 6.45) is -1.80. The molecule has 2 aromatic heterocycles. The maximum atomic E-state index is 12.7. The molecule has 2 heterocycles. The largest absolute Gasteiger partial charge is 0.471 e. The average molecular weight is 400 g/mol. The molecule has 1 N–H and O–H groups in total. The van der Waals surface area contributed by atoms with E-state index in [2.05, 4.69) is 15.5 Å². The van der Waals surface area contributed by atoms with Crippen molar-refractivity contribution in [3.63, 3.8) is 0 Å². The molecular weight excluding hydrogens is 387 g/mol. The standard InChI is InChI=1S/C16H13ClF3N5O2/c1-24-13(6-14(23-24)16(18,19)20)15(26)22-11-7-21-25(8-11)9-27-12-4-2-3-10(17)5-12/h2-8H,9H2,1H3,(H,22,26). The Morgan fingerprint density at radius 2 is 2.11 bits per heavy atom. The number of ether oxygens (including phenoxy) is 1. The topological polar surface area (TPSA) is 74.0 Å². The smallest absolute Gasteiger partial charge is 0.435 e. The minimum Gasteiger partial charge on any atom is -0.471 e. The fourth-order valence-corrected chi connectivity index (χ4v) is 2.39. The molecule has 0 aliphatic rings. The van der Waals surface area contributed by atoms with Gasteiger partial charge >= 0.3 is 6.18 Å². The Bertz CT molecular complexity index is 967. The highest BCUT2D eigenvalue weighted by Gasteiger charge is 2.35. The summed E-state index contributed by atoms with van der Waals surface area (Å²) in [4.78, 5) is 12.2. The van der Waals surface area contributed by atoms with Crippen molar-refractivity contribution in [3.05, 3.63) is 59.1 Å². The molecule has 0 spiro atoms. The van der Waals surface area contributed by atoms with Gasteiger partial charge in [-0.25, -0.2) is 4.68 Å². The average Bonchev–Trinajstić information content (AvgIpc) is 3.19. The van der Waals surface area contributed by atoms with Crippen LogP contribution >= 0.6 is 11.6 Å². The Morgan fingerprint density at radius 1 is 1.33 bits per heavy atom. The van der Waals surface area contributed by atoms with Gasteiger partial charge in [-0.3, -0.25) is 9.48 Å². The molecule has 0 aliphatic carbocycles. The summed E-state index contributed by atoms with van der Waals surface area (Å²) in [5.41, 5.74) is -1.07. The van der Waals surface area contributed by atoms with E-state index in [1.807, 2.05) is 0 Å². The monoisotopic (exact) mass is 399 g/mol. The van der Waals surface area contributed by atoms with Crippen molar-refractivity contribution in [1.29, 1.82) is 0 Å². The molecule has 3 aromatic rings. The summed E-state index contributed by atoms with van der Waals surface area (Å²) >= 11 is 5.86.